The lowest BCUT2D eigenvalue weighted by atomic mass is 10.0. The third-order valence-corrected chi connectivity index (χ3v) is 2.35. The molecule has 1 aromatic carbocycles. The second-order valence-corrected chi connectivity index (χ2v) is 3.78. The van der Waals surface area contributed by atoms with E-state index in [9.17, 15) is 4.79 Å². The van der Waals surface area contributed by atoms with Crippen LogP contribution in [0, 0.1) is 17.2 Å². The van der Waals surface area contributed by atoms with Gasteiger partial charge in [0.1, 0.15) is 5.92 Å². The quantitative estimate of drug-likeness (QED) is 0.832. The lowest BCUT2D eigenvalue weighted by molar-refractivity contribution is -0.139. The molecule has 0 aromatic heterocycles. The van der Waals surface area contributed by atoms with Crippen LogP contribution in [0.1, 0.15) is 5.56 Å². The first-order valence-electron chi connectivity index (χ1n) is 4.93. The molecule has 4 heteroatoms. The summed E-state index contributed by atoms with van der Waals surface area (Å²) in [7, 11) is 3.87. The number of anilines is 1. The number of nitriles is 1. The van der Waals surface area contributed by atoms with E-state index in [2.05, 4.69) is 0 Å². The number of carbonyl (C=O) groups is 1. The fraction of sp³-hybridized carbons (Fsp3) is 0.333. The minimum Gasteiger partial charge on any atom is -0.480 e. The van der Waals surface area contributed by atoms with Gasteiger partial charge in [-0.15, -0.1) is 0 Å². The average molecular weight is 218 g/mol. The van der Waals surface area contributed by atoms with Gasteiger partial charge in [0.05, 0.1) is 6.07 Å². The van der Waals surface area contributed by atoms with E-state index in [-0.39, 0.29) is 6.42 Å². The highest BCUT2D eigenvalue weighted by molar-refractivity contribution is 5.73. The maximum Gasteiger partial charge on any atom is 0.321 e. The summed E-state index contributed by atoms with van der Waals surface area (Å²) >= 11 is 0. The van der Waals surface area contributed by atoms with Gasteiger partial charge in [0.2, 0.25) is 0 Å². The summed E-state index contributed by atoms with van der Waals surface area (Å²) in [6, 6.07) is 9.29. The van der Waals surface area contributed by atoms with Crippen LogP contribution < -0.4 is 4.90 Å². The first-order chi connectivity index (χ1) is 7.54. The Morgan fingerprint density at radius 1 is 1.44 bits per heavy atom. The Kier molecular flexibility index (Phi) is 3.90. The molecule has 0 aliphatic heterocycles. The molecule has 1 unspecified atom stereocenters. The van der Waals surface area contributed by atoms with E-state index in [1.807, 2.05) is 43.3 Å². The summed E-state index contributed by atoms with van der Waals surface area (Å²) < 4.78 is 0. The molecule has 0 heterocycles. The Balaban J connectivity index is 2.76. The van der Waals surface area contributed by atoms with Crippen LogP contribution in [-0.2, 0) is 11.2 Å². The monoisotopic (exact) mass is 218 g/mol. The van der Waals surface area contributed by atoms with Gasteiger partial charge in [-0.3, -0.25) is 4.79 Å². The van der Waals surface area contributed by atoms with Gasteiger partial charge in [-0.25, -0.2) is 0 Å². The second-order valence-electron chi connectivity index (χ2n) is 3.78. The van der Waals surface area contributed by atoms with Gasteiger partial charge in [0.15, 0.2) is 0 Å². The van der Waals surface area contributed by atoms with E-state index in [0.717, 1.165) is 11.3 Å². The van der Waals surface area contributed by atoms with Crippen molar-refractivity contribution in [2.45, 2.75) is 6.42 Å². The van der Waals surface area contributed by atoms with Crippen LogP contribution in [0.15, 0.2) is 24.3 Å². The smallest absolute Gasteiger partial charge is 0.321 e. The molecule has 0 aliphatic carbocycles. The molecule has 1 aromatic rings. The van der Waals surface area contributed by atoms with Crippen LogP contribution >= 0.6 is 0 Å². The van der Waals surface area contributed by atoms with Crippen LogP contribution in [0.2, 0.25) is 0 Å². The van der Waals surface area contributed by atoms with Crippen molar-refractivity contribution >= 4 is 11.7 Å². The van der Waals surface area contributed by atoms with Crippen molar-refractivity contribution in [3.63, 3.8) is 0 Å². The number of hydrogen-bond donors (Lipinski definition) is 1. The van der Waals surface area contributed by atoms with Crippen molar-refractivity contribution in [1.29, 1.82) is 5.26 Å². The lowest BCUT2D eigenvalue weighted by Gasteiger charge is -2.12. The fourth-order valence-corrected chi connectivity index (χ4v) is 1.35. The number of hydrogen-bond acceptors (Lipinski definition) is 3. The average Bonchev–Trinajstić information content (AvgIpc) is 2.26. The maximum atomic E-state index is 10.7. The van der Waals surface area contributed by atoms with Crippen LogP contribution in [0.4, 0.5) is 5.69 Å². The molecule has 4 nitrogen and oxygen atoms in total. The molecule has 0 bridgehead atoms. The van der Waals surface area contributed by atoms with Gasteiger partial charge < -0.3 is 10.0 Å². The van der Waals surface area contributed by atoms with E-state index in [1.54, 1.807) is 6.07 Å². The van der Waals surface area contributed by atoms with Crippen LogP contribution in [0.5, 0.6) is 0 Å². The number of carboxylic acid groups (broad SMARTS) is 1. The summed E-state index contributed by atoms with van der Waals surface area (Å²) in [5.41, 5.74) is 1.91. The number of rotatable bonds is 4. The topological polar surface area (TPSA) is 64.3 Å². The summed E-state index contributed by atoms with van der Waals surface area (Å²) in [5.74, 6) is -2.04. The first-order valence-corrected chi connectivity index (χ1v) is 4.93. The Morgan fingerprint density at radius 3 is 2.38 bits per heavy atom. The van der Waals surface area contributed by atoms with E-state index in [0.29, 0.717) is 0 Å². The van der Waals surface area contributed by atoms with Crippen molar-refractivity contribution in [2.24, 2.45) is 5.92 Å². The molecule has 1 rings (SSSR count). The molecule has 1 atom stereocenters. The Labute approximate surface area is 94.7 Å². The predicted molar refractivity (Wildman–Crippen MR) is 61.2 cm³/mol. The number of carboxylic acids is 1. The molecule has 16 heavy (non-hydrogen) atoms. The molecule has 0 radical (unpaired) electrons. The minimum atomic E-state index is -1.07. The Hall–Kier alpha value is -2.02. The fourth-order valence-electron chi connectivity index (χ4n) is 1.35. The molecule has 0 amide bonds. The Morgan fingerprint density at radius 2 is 2.00 bits per heavy atom. The zero-order valence-corrected chi connectivity index (χ0v) is 9.34. The summed E-state index contributed by atoms with van der Waals surface area (Å²) in [6.07, 6.45) is 0.250. The molecular formula is C12H14N2O2. The van der Waals surface area contributed by atoms with Gasteiger partial charge in [0, 0.05) is 19.8 Å². The van der Waals surface area contributed by atoms with E-state index in [4.69, 9.17) is 10.4 Å². The second kappa shape index (κ2) is 5.17. The summed E-state index contributed by atoms with van der Waals surface area (Å²) in [6.45, 7) is 0. The largest absolute Gasteiger partial charge is 0.480 e. The third-order valence-electron chi connectivity index (χ3n) is 2.35. The van der Waals surface area contributed by atoms with Gasteiger partial charge in [-0.2, -0.15) is 5.26 Å². The molecule has 0 aliphatic rings. The van der Waals surface area contributed by atoms with Gasteiger partial charge in [-0.05, 0) is 24.1 Å². The molecule has 84 valence electrons. The van der Waals surface area contributed by atoms with E-state index < -0.39 is 11.9 Å². The molecule has 0 saturated heterocycles. The summed E-state index contributed by atoms with van der Waals surface area (Å²) in [5, 5.41) is 17.4. The lowest BCUT2D eigenvalue weighted by Crippen LogP contribution is -2.14. The van der Waals surface area contributed by atoms with Crippen LogP contribution in [0.25, 0.3) is 0 Å². The number of benzene rings is 1. The predicted octanol–water partition coefficient (Wildman–Crippen LogP) is 1.52. The molecule has 1 N–H and O–H groups in total. The summed E-state index contributed by atoms with van der Waals surface area (Å²) in [4.78, 5) is 12.6. The van der Waals surface area contributed by atoms with Crippen LogP contribution in [-0.4, -0.2) is 25.2 Å². The van der Waals surface area contributed by atoms with Crippen molar-refractivity contribution in [2.75, 3.05) is 19.0 Å². The van der Waals surface area contributed by atoms with E-state index >= 15 is 0 Å². The highest BCUT2D eigenvalue weighted by Crippen LogP contribution is 2.15. The minimum absolute atomic E-state index is 0.250. The molecule has 0 spiro atoms. The molecular weight excluding hydrogens is 204 g/mol. The zero-order chi connectivity index (χ0) is 12.1. The van der Waals surface area contributed by atoms with Crippen molar-refractivity contribution < 1.29 is 9.90 Å². The molecule has 0 saturated carbocycles. The van der Waals surface area contributed by atoms with Crippen LogP contribution in [0.3, 0.4) is 0 Å². The van der Waals surface area contributed by atoms with Gasteiger partial charge in [0.25, 0.3) is 0 Å². The third kappa shape index (κ3) is 2.99. The van der Waals surface area contributed by atoms with Crippen molar-refractivity contribution in [3.05, 3.63) is 29.8 Å². The molecule has 0 fully saturated rings. The van der Waals surface area contributed by atoms with E-state index in [1.165, 1.54) is 0 Å². The number of nitrogens with zero attached hydrogens (tertiary/aromatic N) is 2. The zero-order valence-electron chi connectivity index (χ0n) is 9.34. The highest BCUT2D eigenvalue weighted by atomic mass is 16.4. The van der Waals surface area contributed by atoms with Crippen molar-refractivity contribution in [1.82, 2.24) is 0 Å². The SMILES string of the molecule is CN(C)c1ccc(CC(C#N)C(=O)O)cc1. The highest BCUT2D eigenvalue weighted by Gasteiger charge is 2.16. The number of aliphatic carboxylic acids is 1. The maximum absolute atomic E-state index is 10.7. The normalized spacial score (nSPS) is 11.6. The Bertz CT molecular complexity index is 404. The first kappa shape index (κ1) is 12.1. The standard InChI is InChI=1S/C12H14N2O2/c1-14(2)11-5-3-9(4-6-11)7-10(8-13)12(15)16/h3-6,10H,7H2,1-2H3,(H,15,16). The van der Waals surface area contributed by atoms with Gasteiger partial charge in [-0.1, -0.05) is 12.1 Å². The van der Waals surface area contributed by atoms with Crippen molar-refractivity contribution in [3.8, 4) is 6.07 Å². The van der Waals surface area contributed by atoms with Gasteiger partial charge >= 0.3 is 5.97 Å².